The quantitative estimate of drug-likeness (QED) is 0.439. The average Bonchev–Trinajstić information content (AvgIpc) is 2.47. The van der Waals surface area contributed by atoms with E-state index in [2.05, 4.69) is 17.0 Å². The third-order valence-corrected chi connectivity index (χ3v) is 4.88. The van der Waals surface area contributed by atoms with Gasteiger partial charge in [0.1, 0.15) is 11.4 Å². The van der Waals surface area contributed by atoms with E-state index < -0.39 is 4.92 Å². The molecule has 0 bridgehead atoms. The smallest absolute Gasteiger partial charge is 0.316 e. The van der Waals surface area contributed by atoms with Crippen molar-refractivity contribution in [2.75, 3.05) is 17.0 Å². The van der Waals surface area contributed by atoms with Crippen LogP contribution in [0.3, 0.4) is 0 Å². The van der Waals surface area contributed by atoms with Crippen LogP contribution in [0.2, 0.25) is 0 Å². The Hall–Kier alpha value is -1.47. The molecule has 1 aromatic rings. The maximum Gasteiger partial charge on any atom is 0.316 e. The monoisotopic (exact) mass is 296 g/mol. The van der Waals surface area contributed by atoms with Gasteiger partial charge in [-0.1, -0.05) is 6.07 Å². The summed E-state index contributed by atoms with van der Waals surface area (Å²) in [6, 6.07) is 5.40. The van der Waals surface area contributed by atoms with Crippen molar-refractivity contribution in [2.45, 2.75) is 37.0 Å². The van der Waals surface area contributed by atoms with E-state index in [0.717, 1.165) is 30.9 Å². The molecule has 0 aliphatic heterocycles. The lowest BCUT2D eigenvalue weighted by Crippen LogP contribution is -2.27. The third-order valence-electron chi connectivity index (χ3n) is 3.74. The zero-order chi connectivity index (χ0) is 14.5. The molecule has 20 heavy (non-hydrogen) atoms. The number of hydrazine groups is 1. The number of benzene rings is 1. The Morgan fingerprint density at radius 2 is 1.95 bits per heavy atom. The van der Waals surface area contributed by atoms with Gasteiger partial charge in [-0.2, -0.15) is 11.8 Å². The zero-order valence-electron chi connectivity index (χ0n) is 11.5. The number of nitrogens with zero attached hydrogens (tertiary/aromatic N) is 1. The lowest BCUT2D eigenvalue weighted by molar-refractivity contribution is -0.383. The summed E-state index contributed by atoms with van der Waals surface area (Å²) in [6.45, 7) is 0. The van der Waals surface area contributed by atoms with Gasteiger partial charge >= 0.3 is 5.69 Å². The molecule has 0 amide bonds. The maximum absolute atomic E-state index is 11.2. The molecule has 1 aliphatic rings. The molecule has 0 unspecified atom stereocenters. The Balaban J connectivity index is 2.12. The first-order valence-corrected chi connectivity index (χ1v) is 7.97. The van der Waals surface area contributed by atoms with Gasteiger partial charge in [-0.05, 0) is 44.1 Å². The van der Waals surface area contributed by atoms with Gasteiger partial charge in [-0.25, -0.2) is 0 Å². The predicted molar refractivity (Wildman–Crippen MR) is 84.1 cm³/mol. The molecule has 7 heteroatoms. The fourth-order valence-electron chi connectivity index (χ4n) is 2.64. The molecule has 0 spiro atoms. The summed E-state index contributed by atoms with van der Waals surface area (Å²) >= 11 is 1.91. The van der Waals surface area contributed by atoms with E-state index in [-0.39, 0.29) is 5.69 Å². The Bertz CT molecular complexity index is 475. The molecular formula is C13H20N4O2S. The van der Waals surface area contributed by atoms with Crippen LogP contribution in [0.4, 0.5) is 17.1 Å². The third kappa shape index (κ3) is 3.34. The summed E-state index contributed by atoms with van der Waals surface area (Å²) in [6.07, 6.45) is 6.54. The largest absolute Gasteiger partial charge is 0.377 e. The van der Waals surface area contributed by atoms with Crippen LogP contribution in [0.1, 0.15) is 25.7 Å². The van der Waals surface area contributed by atoms with Gasteiger partial charge in [-0.15, -0.1) is 0 Å². The Morgan fingerprint density at radius 3 is 2.50 bits per heavy atom. The van der Waals surface area contributed by atoms with Crippen LogP contribution < -0.4 is 16.6 Å². The summed E-state index contributed by atoms with van der Waals surface area (Å²) in [5, 5.41) is 15.2. The minimum atomic E-state index is -0.398. The lowest BCUT2D eigenvalue weighted by Gasteiger charge is -2.28. The molecule has 1 saturated carbocycles. The Morgan fingerprint density at radius 1 is 1.30 bits per heavy atom. The molecular weight excluding hydrogens is 276 g/mol. The Kier molecular flexibility index (Phi) is 5.08. The summed E-state index contributed by atoms with van der Waals surface area (Å²) in [7, 11) is 0. The topological polar surface area (TPSA) is 93.2 Å². The second kappa shape index (κ2) is 6.81. The van der Waals surface area contributed by atoms with Crippen molar-refractivity contribution in [1.82, 2.24) is 0 Å². The first-order chi connectivity index (χ1) is 9.65. The summed E-state index contributed by atoms with van der Waals surface area (Å²) in [5.41, 5.74) is 3.27. The van der Waals surface area contributed by atoms with E-state index in [9.17, 15) is 10.1 Å². The van der Waals surface area contributed by atoms with Crippen molar-refractivity contribution in [3.05, 3.63) is 28.3 Å². The van der Waals surface area contributed by atoms with Crippen LogP contribution >= 0.6 is 11.8 Å². The Labute approximate surface area is 122 Å². The van der Waals surface area contributed by atoms with Crippen LogP contribution in [0.15, 0.2) is 18.2 Å². The van der Waals surface area contributed by atoms with Gasteiger partial charge in [0.25, 0.3) is 0 Å². The number of rotatable bonds is 5. The van der Waals surface area contributed by atoms with Crippen molar-refractivity contribution < 1.29 is 4.92 Å². The van der Waals surface area contributed by atoms with Crippen LogP contribution in [-0.2, 0) is 0 Å². The van der Waals surface area contributed by atoms with Crippen LogP contribution in [0.25, 0.3) is 0 Å². The summed E-state index contributed by atoms with van der Waals surface area (Å²) in [5.74, 6) is 5.34. The number of hydrogen-bond donors (Lipinski definition) is 3. The van der Waals surface area contributed by atoms with Gasteiger partial charge in [-0.3, -0.25) is 16.0 Å². The first-order valence-electron chi connectivity index (χ1n) is 6.69. The number of para-hydroxylation sites is 1. The number of hydrogen-bond acceptors (Lipinski definition) is 6. The molecule has 0 atom stereocenters. The number of nitrogens with one attached hydrogen (secondary N) is 2. The molecule has 0 saturated heterocycles. The van der Waals surface area contributed by atoms with Crippen LogP contribution in [-0.4, -0.2) is 22.5 Å². The number of nitro benzene ring substituents is 1. The van der Waals surface area contributed by atoms with Crippen molar-refractivity contribution in [1.29, 1.82) is 0 Å². The molecule has 0 radical (unpaired) electrons. The van der Waals surface area contributed by atoms with E-state index in [4.69, 9.17) is 5.84 Å². The van der Waals surface area contributed by atoms with Crippen molar-refractivity contribution in [3.8, 4) is 0 Å². The highest BCUT2D eigenvalue weighted by Gasteiger charge is 2.24. The highest BCUT2D eigenvalue weighted by molar-refractivity contribution is 7.99. The molecule has 6 nitrogen and oxygen atoms in total. The lowest BCUT2D eigenvalue weighted by atomic mass is 9.94. The highest BCUT2D eigenvalue weighted by Crippen LogP contribution is 2.35. The van der Waals surface area contributed by atoms with E-state index in [1.807, 2.05) is 11.8 Å². The standard InChI is InChI=1S/C13H20N4O2S/c1-20-10-7-5-9(6-8-10)15-11-3-2-4-12(16-14)13(11)17(18)19/h2-4,9-10,15-16H,5-8,14H2,1H3. The molecule has 4 N–H and O–H groups in total. The van der Waals surface area contributed by atoms with Gasteiger partial charge in [0.15, 0.2) is 0 Å². The van der Waals surface area contributed by atoms with E-state index in [1.165, 1.54) is 0 Å². The van der Waals surface area contributed by atoms with Crippen molar-refractivity contribution in [2.24, 2.45) is 5.84 Å². The second-order valence-corrected chi connectivity index (χ2v) is 6.09. The molecule has 0 heterocycles. The number of nitrogen functional groups attached to an aromatic ring is 1. The molecule has 110 valence electrons. The van der Waals surface area contributed by atoms with Gasteiger partial charge < -0.3 is 10.7 Å². The fourth-order valence-corrected chi connectivity index (χ4v) is 3.38. The normalized spacial score (nSPS) is 22.3. The van der Waals surface area contributed by atoms with Crippen molar-refractivity contribution >= 4 is 28.8 Å². The molecule has 1 aromatic carbocycles. The molecule has 0 aromatic heterocycles. The number of anilines is 2. The molecule has 1 aliphatic carbocycles. The summed E-state index contributed by atoms with van der Waals surface area (Å²) < 4.78 is 0. The first kappa shape index (κ1) is 14.9. The van der Waals surface area contributed by atoms with E-state index >= 15 is 0 Å². The number of nitro groups is 1. The number of nitrogens with two attached hydrogens (primary N) is 1. The average molecular weight is 296 g/mol. The van der Waals surface area contributed by atoms with Crippen LogP contribution in [0, 0.1) is 10.1 Å². The molecule has 1 fully saturated rings. The predicted octanol–water partition coefficient (Wildman–Crippen LogP) is 2.97. The highest BCUT2D eigenvalue weighted by atomic mass is 32.2. The summed E-state index contributed by atoms with van der Waals surface area (Å²) in [4.78, 5) is 10.8. The number of thioether (sulfide) groups is 1. The molecule has 2 rings (SSSR count). The zero-order valence-corrected chi connectivity index (χ0v) is 12.3. The fraction of sp³-hybridized carbons (Fsp3) is 0.538. The maximum atomic E-state index is 11.2. The van der Waals surface area contributed by atoms with Gasteiger partial charge in [0, 0.05) is 11.3 Å². The minimum absolute atomic E-state index is 0.0157. The SMILES string of the molecule is CSC1CCC(Nc2cccc(NN)c2[N+](=O)[O-])CC1. The second-order valence-electron chi connectivity index (χ2n) is 4.96. The van der Waals surface area contributed by atoms with Gasteiger partial charge in [0.05, 0.1) is 4.92 Å². The van der Waals surface area contributed by atoms with Gasteiger partial charge in [0.2, 0.25) is 0 Å². The minimum Gasteiger partial charge on any atom is -0.377 e. The van der Waals surface area contributed by atoms with Crippen LogP contribution in [0.5, 0.6) is 0 Å². The van der Waals surface area contributed by atoms with E-state index in [1.54, 1.807) is 18.2 Å². The van der Waals surface area contributed by atoms with E-state index in [0.29, 0.717) is 17.4 Å². The van der Waals surface area contributed by atoms with Crippen molar-refractivity contribution in [3.63, 3.8) is 0 Å².